The van der Waals surface area contributed by atoms with E-state index in [1.54, 1.807) is 22.7 Å². The maximum absolute atomic E-state index is 14.2. The van der Waals surface area contributed by atoms with Crippen molar-refractivity contribution in [3.05, 3.63) is 52.4 Å². The van der Waals surface area contributed by atoms with Crippen LogP contribution in [0.3, 0.4) is 0 Å². The molecule has 0 fully saturated rings. The van der Waals surface area contributed by atoms with E-state index in [0.717, 1.165) is 10.5 Å². The van der Waals surface area contributed by atoms with Crippen molar-refractivity contribution in [2.24, 2.45) is 0 Å². The molecule has 23 heavy (non-hydrogen) atoms. The molecule has 0 amide bonds. The molecule has 0 aliphatic carbocycles. The van der Waals surface area contributed by atoms with Crippen LogP contribution in [0, 0.1) is 17.5 Å². The zero-order valence-corrected chi connectivity index (χ0v) is 14.0. The lowest BCUT2D eigenvalue weighted by atomic mass is 10.1. The van der Waals surface area contributed by atoms with E-state index in [2.05, 4.69) is 26.2 Å². The lowest BCUT2D eigenvalue weighted by Gasteiger charge is -2.12. The molecule has 0 spiro atoms. The van der Waals surface area contributed by atoms with Crippen LogP contribution in [0.2, 0.25) is 0 Å². The highest BCUT2D eigenvalue weighted by atomic mass is 79.9. The molecule has 1 N–H and O–H groups in total. The van der Waals surface area contributed by atoms with Crippen LogP contribution in [-0.2, 0) is 0 Å². The van der Waals surface area contributed by atoms with Crippen molar-refractivity contribution in [3.8, 4) is 11.3 Å². The Morgan fingerprint density at radius 1 is 1.09 bits per heavy atom. The van der Waals surface area contributed by atoms with Crippen molar-refractivity contribution in [2.75, 3.05) is 5.32 Å². The summed E-state index contributed by atoms with van der Waals surface area (Å²) in [4.78, 5) is 4.36. The van der Waals surface area contributed by atoms with Crippen molar-refractivity contribution in [3.63, 3.8) is 0 Å². The van der Waals surface area contributed by atoms with Crippen LogP contribution in [0.15, 0.2) is 34.9 Å². The molecule has 3 rings (SSSR count). The summed E-state index contributed by atoms with van der Waals surface area (Å²) in [6, 6.07) is 5.67. The van der Waals surface area contributed by atoms with Gasteiger partial charge in [0.05, 0.1) is 0 Å². The summed E-state index contributed by atoms with van der Waals surface area (Å²) >= 11 is 3.37. The third kappa shape index (κ3) is 2.81. The van der Waals surface area contributed by atoms with Crippen LogP contribution < -0.4 is 5.32 Å². The maximum atomic E-state index is 14.2. The summed E-state index contributed by atoms with van der Waals surface area (Å²) in [5, 5.41) is 3.18. The Balaban J connectivity index is 2.30. The zero-order chi connectivity index (χ0) is 16.7. The van der Waals surface area contributed by atoms with Gasteiger partial charge in [0.25, 0.3) is 0 Å². The molecule has 120 valence electrons. The molecule has 2 heterocycles. The highest BCUT2D eigenvalue weighted by molar-refractivity contribution is 9.10. The fraction of sp³-hybridized carbons (Fsp3) is 0.188. The minimum absolute atomic E-state index is 0.0426. The van der Waals surface area contributed by atoms with Gasteiger partial charge in [-0.1, -0.05) is 0 Å². The van der Waals surface area contributed by atoms with Gasteiger partial charge in [-0.25, -0.2) is 18.2 Å². The Morgan fingerprint density at radius 2 is 1.83 bits per heavy atom. The molecule has 0 bridgehead atoms. The highest BCUT2D eigenvalue weighted by Gasteiger charge is 2.21. The highest BCUT2D eigenvalue weighted by Crippen LogP contribution is 2.33. The van der Waals surface area contributed by atoms with Crippen molar-refractivity contribution in [1.82, 2.24) is 9.38 Å². The van der Waals surface area contributed by atoms with E-state index in [9.17, 15) is 13.2 Å². The quantitative estimate of drug-likeness (QED) is 0.644. The predicted molar refractivity (Wildman–Crippen MR) is 87.0 cm³/mol. The number of halogens is 4. The summed E-state index contributed by atoms with van der Waals surface area (Å²) in [7, 11) is 0. The number of nitrogens with one attached hydrogen (secondary N) is 1. The number of fused-ring (bicyclic) bond motifs is 1. The number of aromatic nitrogens is 2. The number of hydrogen-bond donors (Lipinski definition) is 1. The second-order valence-corrected chi connectivity index (χ2v) is 6.32. The molecule has 0 aliphatic rings. The summed E-state index contributed by atoms with van der Waals surface area (Å²) in [5.74, 6) is -3.46. The predicted octanol–water partition coefficient (Wildman–Crippen LogP) is 5.00. The Morgan fingerprint density at radius 3 is 2.52 bits per heavy atom. The van der Waals surface area contributed by atoms with Gasteiger partial charge >= 0.3 is 0 Å². The first kappa shape index (κ1) is 15.9. The first-order valence-electron chi connectivity index (χ1n) is 6.96. The number of nitrogens with zero attached hydrogens (tertiary/aromatic N) is 2. The van der Waals surface area contributed by atoms with E-state index < -0.39 is 17.5 Å². The third-order valence-corrected chi connectivity index (χ3v) is 3.77. The third-order valence-electron chi connectivity index (χ3n) is 3.30. The van der Waals surface area contributed by atoms with Gasteiger partial charge in [-0.05, 0) is 54.0 Å². The second-order valence-electron chi connectivity index (χ2n) is 5.41. The molecule has 0 saturated heterocycles. The summed E-state index contributed by atoms with van der Waals surface area (Å²) in [6.07, 6.45) is 1.77. The molecule has 7 heteroatoms. The van der Waals surface area contributed by atoms with Crippen molar-refractivity contribution in [1.29, 1.82) is 0 Å². The van der Waals surface area contributed by atoms with Crippen LogP contribution in [-0.4, -0.2) is 15.4 Å². The molecule has 0 atom stereocenters. The Kier molecular flexibility index (Phi) is 4.06. The van der Waals surface area contributed by atoms with Crippen LogP contribution in [0.4, 0.5) is 19.0 Å². The van der Waals surface area contributed by atoms with E-state index in [1.807, 2.05) is 13.8 Å². The van der Waals surface area contributed by atoms with Crippen molar-refractivity contribution in [2.45, 2.75) is 19.9 Å². The summed E-state index contributed by atoms with van der Waals surface area (Å²) < 4.78 is 43.5. The molecular weight excluding hydrogens is 371 g/mol. The lowest BCUT2D eigenvalue weighted by molar-refractivity contribution is 0.449. The SMILES string of the molecule is CC(C)Nc1c(-c2ccc(F)c(F)c2F)nc2ccc(Br)cn12. The first-order chi connectivity index (χ1) is 10.9. The fourth-order valence-corrected chi connectivity index (χ4v) is 2.66. The van der Waals surface area contributed by atoms with Gasteiger partial charge in [0.15, 0.2) is 17.5 Å². The smallest absolute Gasteiger partial charge is 0.195 e. The summed E-state index contributed by atoms with van der Waals surface area (Å²) in [5.41, 5.74) is 0.704. The maximum Gasteiger partial charge on any atom is 0.195 e. The van der Waals surface area contributed by atoms with Crippen LogP contribution in [0.5, 0.6) is 0 Å². The Bertz CT molecular complexity index is 890. The number of hydrogen-bond acceptors (Lipinski definition) is 2. The van der Waals surface area contributed by atoms with Gasteiger partial charge in [-0.15, -0.1) is 0 Å². The van der Waals surface area contributed by atoms with E-state index >= 15 is 0 Å². The fourth-order valence-electron chi connectivity index (χ4n) is 2.33. The second kappa shape index (κ2) is 5.88. The van der Waals surface area contributed by atoms with Crippen LogP contribution >= 0.6 is 15.9 Å². The molecule has 3 nitrogen and oxygen atoms in total. The Labute approximate surface area is 139 Å². The number of rotatable bonds is 3. The number of imidazole rings is 1. The first-order valence-corrected chi connectivity index (χ1v) is 7.75. The van der Waals surface area contributed by atoms with Gasteiger partial charge in [-0.2, -0.15) is 0 Å². The van der Waals surface area contributed by atoms with Gasteiger partial charge in [0, 0.05) is 22.3 Å². The molecule has 0 unspecified atom stereocenters. The average Bonchev–Trinajstić information content (AvgIpc) is 2.82. The number of anilines is 1. The van der Waals surface area contributed by atoms with Gasteiger partial charge in [0.1, 0.15) is 17.2 Å². The molecule has 3 aromatic rings. The molecule has 0 aliphatic heterocycles. The van der Waals surface area contributed by atoms with E-state index in [4.69, 9.17) is 0 Å². The average molecular weight is 384 g/mol. The van der Waals surface area contributed by atoms with Crippen molar-refractivity contribution >= 4 is 27.4 Å². The molecular formula is C16H13BrF3N3. The molecule has 0 saturated carbocycles. The van der Waals surface area contributed by atoms with E-state index in [1.165, 1.54) is 6.07 Å². The van der Waals surface area contributed by atoms with Crippen molar-refractivity contribution < 1.29 is 13.2 Å². The minimum atomic E-state index is -1.50. The van der Waals surface area contributed by atoms with E-state index in [-0.39, 0.29) is 17.3 Å². The Hall–Kier alpha value is -2.02. The lowest BCUT2D eigenvalue weighted by Crippen LogP contribution is -2.12. The number of pyridine rings is 1. The van der Waals surface area contributed by atoms with Gasteiger partial charge < -0.3 is 5.32 Å². The largest absolute Gasteiger partial charge is 0.367 e. The molecule has 1 aromatic carbocycles. The van der Waals surface area contributed by atoms with Crippen LogP contribution in [0.1, 0.15) is 13.8 Å². The molecule has 2 aromatic heterocycles. The van der Waals surface area contributed by atoms with Gasteiger partial charge in [0.2, 0.25) is 0 Å². The van der Waals surface area contributed by atoms with Gasteiger partial charge in [-0.3, -0.25) is 4.40 Å². The van der Waals surface area contributed by atoms with E-state index in [0.29, 0.717) is 11.5 Å². The summed E-state index contributed by atoms with van der Waals surface area (Å²) in [6.45, 7) is 3.84. The number of benzene rings is 1. The monoisotopic (exact) mass is 383 g/mol. The molecule has 0 radical (unpaired) electrons. The van der Waals surface area contributed by atoms with Crippen LogP contribution in [0.25, 0.3) is 16.9 Å². The standard InChI is InChI=1S/C16H13BrF3N3/c1-8(2)21-16-15(10-4-5-11(18)14(20)13(10)19)22-12-6-3-9(17)7-23(12)16/h3-8,21H,1-2H3. The normalized spacial score (nSPS) is 11.4. The topological polar surface area (TPSA) is 29.3 Å². The minimum Gasteiger partial charge on any atom is -0.367 e. The zero-order valence-electron chi connectivity index (χ0n) is 12.4.